The Bertz CT molecular complexity index is 1710. The summed E-state index contributed by atoms with van der Waals surface area (Å²) < 4.78 is 48.3. The number of carbonyl (C=O) groups excluding carboxylic acids is 1. The Balaban J connectivity index is 1.34. The Morgan fingerprint density at radius 2 is 1.98 bits per heavy atom. The molecule has 9 nitrogen and oxygen atoms in total. The summed E-state index contributed by atoms with van der Waals surface area (Å²) in [4.78, 5) is 23.6. The van der Waals surface area contributed by atoms with Crippen LogP contribution in [0.4, 0.5) is 13.2 Å². The zero-order chi connectivity index (χ0) is 28.1. The number of halogens is 3. The maximum Gasteiger partial charge on any atom is 0.387 e. The average Bonchev–Trinajstić information content (AvgIpc) is 3.40. The Labute approximate surface area is 226 Å². The van der Waals surface area contributed by atoms with Crippen LogP contribution in [0.25, 0.3) is 16.8 Å². The van der Waals surface area contributed by atoms with E-state index in [9.17, 15) is 18.7 Å². The molecule has 2 aliphatic carbocycles. The van der Waals surface area contributed by atoms with Gasteiger partial charge in [0.1, 0.15) is 17.9 Å². The van der Waals surface area contributed by atoms with Crippen LogP contribution in [0.1, 0.15) is 71.0 Å². The number of nitrogens with two attached hydrogens (primary N) is 1. The van der Waals surface area contributed by atoms with Gasteiger partial charge in [-0.3, -0.25) is 9.78 Å². The second-order valence-electron chi connectivity index (χ2n) is 11.3. The first-order chi connectivity index (χ1) is 19.0. The van der Waals surface area contributed by atoms with E-state index in [2.05, 4.69) is 9.97 Å². The van der Waals surface area contributed by atoms with Crippen molar-refractivity contribution in [3.05, 3.63) is 76.8 Å². The van der Waals surface area contributed by atoms with Gasteiger partial charge in [-0.1, -0.05) is 6.07 Å². The predicted octanol–water partition coefficient (Wildman–Crippen LogP) is 3.89. The monoisotopic (exact) mass is 550 g/mol. The SMILES string of the molecule is CN1C(=O)c2cccc(OC(F)F)c2C2CC1c1nn3cnc(-c4cnc(C5(N)CC(C)(O)C5)c(F)c4)cc3c12. The van der Waals surface area contributed by atoms with Crippen molar-refractivity contribution in [2.45, 2.75) is 55.9 Å². The lowest BCUT2D eigenvalue weighted by Gasteiger charge is -2.48. The third kappa shape index (κ3) is 3.55. The molecule has 3 aliphatic rings. The summed E-state index contributed by atoms with van der Waals surface area (Å²) in [5.41, 5.74) is 8.04. The highest BCUT2D eigenvalue weighted by Crippen LogP contribution is 2.53. The van der Waals surface area contributed by atoms with Crippen LogP contribution in [0.5, 0.6) is 5.75 Å². The summed E-state index contributed by atoms with van der Waals surface area (Å²) in [5.74, 6) is -1.37. The Kier molecular flexibility index (Phi) is 5.15. The maximum absolute atomic E-state index is 15.2. The van der Waals surface area contributed by atoms with Crippen LogP contribution in [-0.4, -0.2) is 54.8 Å². The molecule has 3 N–H and O–H groups in total. The molecule has 40 heavy (non-hydrogen) atoms. The number of benzene rings is 1. The number of fused-ring (bicyclic) bond motifs is 9. The second-order valence-corrected chi connectivity index (χ2v) is 11.3. The number of amides is 1. The summed E-state index contributed by atoms with van der Waals surface area (Å²) in [5, 5.41) is 14.8. The van der Waals surface area contributed by atoms with Gasteiger partial charge in [0, 0.05) is 41.4 Å². The van der Waals surface area contributed by atoms with E-state index in [1.165, 1.54) is 30.7 Å². The molecule has 7 rings (SSSR count). The van der Waals surface area contributed by atoms with Gasteiger partial charge < -0.3 is 20.5 Å². The molecule has 2 unspecified atom stereocenters. The highest BCUT2D eigenvalue weighted by molar-refractivity contribution is 5.98. The van der Waals surface area contributed by atoms with Crippen molar-refractivity contribution < 1.29 is 27.8 Å². The lowest BCUT2D eigenvalue weighted by Crippen LogP contribution is -2.59. The Hall–Kier alpha value is -4.03. The number of rotatable bonds is 4. The third-order valence-electron chi connectivity index (χ3n) is 8.37. The van der Waals surface area contributed by atoms with Crippen molar-refractivity contribution in [1.82, 2.24) is 24.5 Å². The number of carbonyl (C=O) groups is 1. The van der Waals surface area contributed by atoms with Gasteiger partial charge in [0.05, 0.1) is 39.8 Å². The number of nitrogens with zero attached hydrogens (tertiary/aromatic N) is 5. The van der Waals surface area contributed by atoms with Gasteiger partial charge in [0.25, 0.3) is 5.91 Å². The molecule has 0 saturated heterocycles. The van der Waals surface area contributed by atoms with E-state index in [0.29, 0.717) is 40.0 Å². The molecule has 1 fully saturated rings. The summed E-state index contributed by atoms with van der Waals surface area (Å²) in [6, 6.07) is 7.29. The van der Waals surface area contributed by atoms with Crippen molar-refractivity contribution in [3.63, 3.8) is 0 Å². The minimum Gasteiger partial charge on any atom is -0.434 e. The summed E-state index contributed by atoms with van der Waals surface area (Å²) in [6.07, 6.45) is 3.85. The molecule has 1 saturated carbocycles. The lowest BCUT2D eigenvalue weighted by molar-refractivity contribution is -0.0764. The quantitative estimate of drug-likeness (QED) is 0.396. The molecule has 4 heterocycles. The number of alkyl halides is 2. The van der Waals surface area contributed by atoms with Crippen LogP contribution in [0, 0.1) is 5.82 Å². The van der Waals surface area contributed by atoms with E-state index in [4.69, 9.17) is 15.6 Å². The van der Waals surface area contributed by atoms with Crippen molar-refractivity contribution in [2.24, 2.45) is 5.73 Å². The largest absolute Gasteiger partial charge is 0.434 e. The first-order valence-electron chi connectivity index (χ1n) is 12.9. The number of aliphatic hydroxyl groups is 1. The lowest BCUT2D eigenvalue weighted by atomic mass is 9.64. The summed E-state index contributed by atoms with van der Waals surface area (Å²) in [6.45, 7) is -1.40. The maximum atomic E-state index is 15.2. The van der Waals surface area contributed by atoms with Crippen LogP contribution in [0.15, 0.2) is 42.9 Å². The van der Waals surface area contributed by atoms with E-state index in [-0.39, 0.29) is 36.2 Å². The Morgan fingerprint density at radius 1 is 1.20 bits per heavy atom. The van der Waals surface area contributed by atoms with Gasteiger partial charge in [0.15, 0.2) is 0 Å². The van der Waals surface area contributed by atoms with E-state index in [0.717, 1.165) is 5.56 Å². The zero-order valence-electron chi connectivity index (χ0n) is 21.6. The van der Waals surface area contributed by atoms with Gasteiger partial charge in [-0.2, -0.15) is 13.9 Å². The fraction of sp³-hybridized carbons (Fsp3) is 0.357. The van der Waals surface area contributed by atoms with Gasteiger partial charge in [-0.15, -0.1) is 0 Å². The second kappa shape index (κ2) is 8.24. The molecule has 2 bridgehead atoms. The first kappa shape index (κ1) is 25.0. The molecule has 4 aromatic rings. The van der Waals surface area contributed by atoms with Crippen LogP contribution in [0.2, 0.25) is 0 Å². The van der Waals surface area contributed by atoms with E-state index in [1.54, 1.807) is 35.5 Å². The van der Waals surface area contributed by atoms with Crippen LogP contribution < -0.4 is 10.5 Å². The highest BCUT2D eigenvalue weighted by atomic mass is 19.3. The zero-order valence-corrected chi connectivity index (χ0v) is 21.6. The molecular formula is C28H25F3N6O3. The van der Waals surface area contributed by atoms with Crippen molar-refractivity contribution in [3.8, 4) is 17.0 Å². The molecule has 0 radical (unpaired) electrons. The number of pyridine rings is 1. The molecule has 3 aromatic heterocycles. The number of hydrogen-bond acceptors (Lipinski definition) is 7. The fourth-order valence-electron chi connectivity index (χ4n) is 6.85. The van der Waals surface area contributed by atoms with Gasteiger partial charge in [-0.05, 0) is 50.5 Å². The minimum absolute atomic E-state index is 0.0473. The van der Waals surface area contributed by atoms with Crippen molar-refractivity contribution in [2.75, 3.05) is 7.05 Å². The summed E-state index contributed by atoms with van der Waals surface area (Å²) in [7, 11) is 1.67. The number of ether oxygens (including phenoxy) is 1. The standard InChI is InChI=1S/C28H25F3N6O3/c1-27(39)10-28(32,11-27)24-16(29)6-13(9-33-24)17-8-18-22-15-7-19(23(22)35-37(18)12-34-17)36(2)25(38)14-4-3-5-20(21(14)15)40-26(30)31/h3-6,8-9,12,15,19,26,39H,7,10-11,32H2,1-2H3. The Morgan fingerprint density at radius 3 is 2.67 bits per heavy atom. The molecule has 1 amide bonds. The average molecular weight is 551 g/mol. The molecule has 0 spiro atoms. The summed E-state index contributed by atoms with van der Waals surface area (Å²) >= 11 is 0. The molecule has 1 aliphatic heterocycles. The molecule has 12 heteroatoms. The predicted molar refractivity (Wildman–Crippen MR) is 136 cm³/mol. The van der Waals surface area contributed by atoms with Crippen molar-refractivity contribution >= 4 is 11.4 Å². The molecule has 206 valence electrons. The first-order valence-corrected chi connectivity index (χ1v) is 12.9. The molecule has 2 atom stereocenters. The van der Waals surface area contributed by atoms with Gasteiger partial charge >= 0.3 is 6.61 Å². The fourth-order valence-corrected chi connectivity index (χ4v) is 6.85. The topological polar surface area (TPSA) is 119 Å². The minimum atomic E-state index is -3.05. The molecule has 1 aromatic carbocycles. The van der Waals surface area contributed by atoms with Crippen LogP contribution >= 0.6 is 0 Å². The number of aromatic nitrogens is 4. The van der Waals surface area contributed by atoms with Crippen molar-refractivity contribution in [1.29, 1.82) is 0 Å². The van der Waals surface area contributed by atoms with E-state index >= 15 is 4.39 Å². The van der Waals surface area contributed by atoms with E-state index in [1.807, 2.05) is 0 Å². The van der Waals surface area contributed by atoms with Crippen LogP contribution in [-0.2, 0) is 5.54 Å². The normalized spacial score (nSPS) is 27.0. The van der Waals surface area contributed by atoms with Gasteiger partial charge in [0.2, 0.25) is 0 Å². The van der Waals surface area contributed by atoms with E-state index < -0.39 is 29.5 Å². The third-order valence-corrected chi connectivity index (χ3v) is 8.37. The van der Waals surface area contributed by atoms with Crippen LogP contribution in [0.3, 0.4) is 0 Å². The molecular weight excluding hydrogens is 525 g/mol. The highest BCUT2D eigenvalue weighted by Gasteiger charge is 2.52. The smallest absolute Gasteiger partial charge is 0.387 e. The number of hydrogen-bond donors (Lipinski definition) is 2. The van der Waals surface area contributed by atoms with Gasteiger partial charge in [-0.25, -0.2) is 13.9 Å².